The van der Waals surface area contributed by atoms with Gasteiger partial charge in [0, 0.05) is 10.6 Å². The zero-order chi connectivity index (χ0) is 25.0. The second kappa shape index (κ2) is 10.3. The van der Waals surface area contributed by atoms with E-state index in [4.69, 9.17) is 11.6 Å². The van der Waals surface area contributed by atoms with Gasteiger partial charge in [0.1, 0.15) is 5.82 Å². The van der Waals surface area contributed by atoms with E-state index in [0.29, 0.717) is 21.8 Å². The lowest BCUT2D eigenvalue weighted by molar-refractivity contribution is 0.102. The molecule has 0 saturated heterocycles. The van der Waals surface area contributed by atoms with Gasteiger partial charge in [0.15, 0.2) is 0 Å². The fourth-order valence-corrected chi connectivity index (χ4v) is 5.25. The van der Waals surface area contributed by atoms with Gasteiger partial charge >= 0.3 is 0 Å². The van der Waals surface area contributed by atoms with Gasteiger partial charge in [-0.05, 0) is 66.6 Å². The van der Waals surface area contributed by atoms with E-state index in [1.165, 1.54) is 22.5 Å². The van der Waals surface area contributed by atoms with Crippen LogP contribution < -0.4 is 9.62 Å². The first kappa shape index (κ1) is 24.4. The molecule has 1 N–H and O–H groups in total. The molecule has 178 valence electrons. The summed E-state index contributed by atoms with van der Waals surface area (Å²) in [7, 11) is -3.91. The topological polar surface area (TPSA) is 66.5 Å². The van der Waals surface area contributed by atoms with E-state index in [1.54, 1.807) is 78.9 Å². The SMILES string of the molecule is Cc1ccc(Cl)cc1N(Cc1ccc(C(=O)Nc2ccccc2F)cc1)S(=O)(=O)c1ccccc1. The molecule has 4 aromatic rings. The standard InChI is InChI=1S/C27H22ClFN2O3S/c1-19-11-16-22(28)17-26(19)31(35(33,34)23-7-3-2-4-8-23)18-20-12-14-21(15-13-20)27(32)30-25-10-6-5-9-24(25)29/h2-17H,18H2,1H3,(H,30,32). The Bertz CT molecular complexity index is 1460. The van der Waals surface area contributed by atoms with Crippen LogP contribution >= 0.6 is 11.6 Å². The summed E-state index contributed by atoms with van der Waals surface area (Å²) in [5, 5.41) is 2.95. The number of hydrogen-bond donors (Lipinski definition) is 1. The van der Waals surface area contributed by atoms with Crippen molar-refractivity contribution >= 4 is 38.9 Å². The van der Waals surface area contributed by atoms with E-state index < -0.39 is 21.7 Å². The van der Waals surface area contributed by atoms with Crippen LogP contribution in [0.5, 0.6) is 0 Å². The minimum atomic E-state index is -3.91. The van der Waals surface area contributed by atoms with Crippen molar-refractivity contribution in [1.82, 2.24) is 0 Å². The van der Waals surface area contributed by atoms with Gasteiger partial charge in [-0.25, -0.2) is 12.8 Å². The smallest absolute Gasteiger partial charge is 0.264 e. The summed E-state index contributed by atoms with van der Waals surface area (Å²) in [6.07, 6.45) is 0. The van der Waals surface area contributed by atoms with Crippen LogP contribution in [0.2, 0.25) is 5.02 Å². The van der Waals surface area contributed by atoms with Crippen LogP contribution in [0.1, 0.15) is 21.5 Å². The third-order valence-electron chi connectivity index (χ3n) is 5.44. The number of nitrogens with one attached hydrogen (secondary N) is 1. The van der Waals surface area contributed by atoms with Gasteiger partial charge in [0.25, 0.3) is 15.9 Å². The number of carbonyl (C=O) groups excluding carboxylic acids is 1. The van der Waals surface area contributed by atoms with Gasteiger partial charge in [0.2, 0.25) is 0 Å². The number of sulfonamides is 1. The lowest BCUT2D eigenvalue weighted by Crippen LogP contribution is -2.31. The first-order chi connectivity index (χ1) is 16.8. The highest BCUT2D eigenvalue weighted by atomic mass is 35.5. The van der Waals surface area contributed by atoms with Crippen LogP contribution in [0.4, 0.5) is 15.8 Å². The maximum Gasteiger partial charge on any atom is 0.264 e. The molecule has 0 bridgehead atoms. The van der Waals surface area contributed by atoms with Crippen molar-refractivity contribution in [3.05, 3.63) is 125 Å². The third kappa shape index (κ3) is 5.53. The van der Waals surface area contributed by atoms with Gasteiger partial charge < -0.3 is 5.32 Å². The Kier molecular flexibility index (Phi) is 7.19. The zero-order valence-electron chi connectivity index (χ0n) is 18.8. The monoisotopic (exact) mass is 508 g/mol. The largest absolute Gasteiger partial charge is 0.319 e. The number of carbonyl (C=O) groups is 1. The lowest BCUT2D eigenvalue weighted by Gasteiger charge is -2.26. The molecular weight excluding hydrogens is 487 g/mol. The Labute approximate surface area is 208 Å². The molecule has 4 rings (SSSR count). The van der Waals surface area contributed by atoms with Gasteiger partial charge in [-0.1, -0.05) is 60.1 Å². The van der Waals surface area contributed by atoms with E-state index in [-0.39, 0.29) is 17.1 Å². The number of rotatable bonds is 7. The van der Waals surface area contributed by atoms with E-state index in [2.05, 4.69) is 5.32 Å². The van der Waals surface area contributed by atoms with Crippen molar-refractivity contribution in [1.29, 1.82) is 0 Å². The van der Waals surface area contributed by atoms with Crippen molar-refractivity contribution in [2.75, 3.05) is 9.62 Å². The normalized spacial score (nSPS) is 11.2. The predicted molar refractivity (Wildman–Crippen MR) is 137 cm³/mol. The molecule has 0 aliphatic carbocycles. The minimum Gasteiger partial charge on any atom is -0.319 e. The average molecular weight is 509 g/mol. The number of amides is 1. The minimum absolute atomic E-state index is 0.0215. The highest BCUT2D eigenvalue weighted by molar-refractivity contribution is 7.92. The van der Waals surface area contributed by atoms with Crippen molar-refractivity contribution in [3.8, 4) is 0 Å². The molecule has 35 heavy (non-hydrogen) atoms. The summed E-state index contributed by atoms with van der Waals surface area (Å²) in [5.41, 5.74) is 2.26. The summed E-state index contributed by atoms with van der Waals surface area (Å²) in [6, 6.07) is 25.6. The Morgan fingerprint density at radius 3 is 2.26 bits per heavy atom. The zero-order valence-corrected chi connectivity index (χ0v) is 20.4. The first-order valence-electron chi connectivity index (χ1n) is 10.7. The Morgan fingerprint density at radius 1 is 0.914 bits per heavy atom. The number of nitrogens with zero attached hydrogens (tertiary/aromatic N) is 1. The predicted octanol–water partition coefficient (Wildman–Crippen LogP) is 6.44. The summed E-state index contributed by atoms with van der Waals surface area (Å²) in [6.45, 7) is 1.84. The van der Waals surface area contributed by atoms with E-state index >= 15 is 0 Å². The number of para-hydroxylation sites is 1. The third-order valence-corrected chi connectivity index (χ3v) is 7.44. The number of anilines is 2. The van der Waals surface area contributed by atoms with Crippen LogP contribution in [0, 0.1) is 12.7 Å². The maximum atomic E-state index is 13.9. The van der Waals surface area contributed by atoms with Crippen molar-refractivity contribution in [2.45, 2.75) is 18.4 Å². The molecule has 0 aromatic heterocycles. The molecule has 0 saturated carbocycles. The van der Waals surface area contributed by atoms with Gasteiger partial charge in [-0.3, -0.25) is 9.10 Å². The maximum absolute atomic E-state index is 13.9. The highest BCUT2D eigenvalue weighted by Crippen LogP contribution is 2.31. The molecule has 0 aliphatic rings. The molecule has 5 nitrogen and oxygen atoms in total. The molecule has 0 heterocycles. The van der Waals surface area contributed by atoms with Crippen molar-refractivity contribution < 1.29 is 17.6 Å². The molecule has 0 unspecified atom stereocenters. The second-order valence-corrected chi connectivity index (χ2v) is 10.2. The molecule has 8 heteroatoms. The molecule has 1 amide bonds. The molecule has 0 fully saturated rings. The quantitative estimate of drug-likeness (QED) is 0.312. The van der Waals surface area contributed by atoms with E-state index in [1.807, 2.05) is 6.92 Å². The van der Waals surface area contributed by atoms with Crippen molar-refractivity contribution in [3.63, 3.8) is 0 Å². The van der Waals surface area contributed by atoms with E-state index in [9.17, 15) is 17.6 Å². The second-order valence-electron chi connectivity index (χ2n) is 7.89. The molecule has 0 aliphatic heterocycles. The number of benzene rings is 4. The lowest BCUT2D eigenvalue weighted by atomic mass is 10.1. The van der Waals surface area contributed by atoms with Crippen molar-refractivity contribution in [2.24, 2.45) is 0 Å². The van der Waals surface area contributed by atoms with Gasteiger partial charge in [-0.15, -0.1) is 0 Å². The number of aryl methyl sites for hydroxylation is 1. The fourth-order valence-electron chi connectivity index (χ4n) is 3.55. The summed E-state index contributed by atoms with van der Waals surface area (Å²) in [5.74, 6) is -1.00. The molecule has 0 spiro atoms. The van der Waals surface area contributed by atoms with Gasteiger partial charge in [-0.2, -0.15) is 0 Å². The molecular formula is C27H22ClFN2O3S. The van der Waals surface area contributed by atoms with E-state index in [0.717, 1.165) is 5.56 Å². The Hall–Kier alpha value is -3.68. The Morgan fingerprint density at radius 2 is 1.57 bits per heavy atom. The molecule has 0 radical (unpaired) electrons. The molecule has 0 atom stereocenters. The number of halogens is 2. The van der Waals surface area contributed by atoms with Crippen LogP contribution in [-0.2, 0) is 16.6 Å². The summed E-state index contributed by atoms with van der Waals surface area (Å²) < 4.78 is 42.4. The highest BCUT2D eigenvalue weighted by Gasteiger charge is 2.26. The average Bonchev–Trinajstić information content (AvgIpc) is 2.86. The van der Waals surface area contributed by atoms with Gasteiger partial charge in [0.05, 0.1) is 22.8 Å². The fraction of sp³-hybridized carbons (Fsp3) is 0.0741. The summed E-state index contributed by atoms with van der Waals surface area (Å²) in [4.78, 5) is 12.7. The first-order valence-corrected chi connectivity index (χ1v) is 12.6. The van der Waals surface area contributed by atoms with Crippen LogP contribution in [0.3, 0.4) is 0 Å². The van der Waals surface area contributed by atoms with Crippen LogP contribution in [0.15, 0.2) is 102 Å². The van der Waals surface area contributed by atoms with Crippen LogP contribution in [-0.4, -0.2) is 14.3 Å². The van der Waals surface area contributed by atoms with Crippen LogP contribution in [0.25, 0.3) is 0 Å². The number of hydrogen-bond acceptors (Lipinski definition) is 3. The summed E-state index contributed by atoms with van der Waals surface area (Å²) >= 11 is 6.20. The molecule has 4 aromatic carbocycles. The Balaban J connectivity index is 1.64.